The maximum Gasteiger partial charge on any atom is 0.339 e. The minimum Gasteiger partial charge on any atom is -0.328 e. The normalized spacial score (nSPS) is 9.62. The summed E-state index contributed by atoms with van der Waals surface area (Å²) in [7, 11) is -3.85. The monoisotopic (exact) mass is 203 g/mol. The summed E-state index contributed by atoms with van der Waals surface area (Å²) in [6.45, 7) is 4.09. The van der Waals surface area contributed by atoms with Crippen molar-refractivity contribution in [2.45, 2.75) is 6.92 Å². The molecule has 0 aromatic carbocycles. The van der Waals surface area contributed by atoms with Crippen LogP contribution in [0.5, 0.6) is 0 Å². The van der Waals surface area contributed by atoms with Crippen LogP contribution in [0.2, 0.25) is 0 Å². The van der Waals surface area contributed by atoms with Crippen molar-refractivity contribution in [2.24, 2.45) is 0 Å². The quantitative estimate of drug-likeness (QED) is 0.291. The Bertz CT molecular complexity index is 346. The molecule has 13 heavy (non-hydrogen) atoms. The van der Waals surface area contributed by atoms with E-state index in [1.54, 1.807) is 0 Å². The molecule has 0 aliphatic carbocycles. The van der Waals surface area contributed by atoms with Gasteiger partial charge in [-0.3, -0.25) is 4.79 Å². The van der Waals surface area contributed by atoms with E-state index < -0.39 is 22.8 Å². The van der Waals surface area contributed by atoms with Gasteiger partial charge >= 0.3 is 10.1 Å². The summed E-state index contributed by atoms with van der Waals surface area (Å²) in [6.07, 6.45) is 1.00. The molecule has 0 aliphatic heterocycles. The third-order valence-corrected chi connectivity index (χ3v) is 1.76. The number of carbonyl (C=O) groups excluding carboxylic acids is 1. The minimum atomic E-state index is -3.85. The summed E-state index contributed by atoms with van der Waals surface area (Å²) in [5, 5.41) is 3.96. The van der Waals surface area contributed by atoms with Crippen LogP contribution in [0.3, 0.4) is 0 Å². The summed E-state index contributed by atoms with van der Waals surface area (Å²) in [5.41, 5.74) is 0. The van der Waals surface area contributed by atoms with Crippen molar-refractivity contribution in [3.8, 4) is 11.2 Å². The summed E-state index contributed by atoms with van der Waals surface area (Å²) >= 11 is 0. The molecule has 0 bridgehead atoms. The van der Waals surface area contributed by atoms with Crippen LogP contribution in [0, 0.1) is 11.2 Å². The summed E-state index contributed by atoms with van der Waals surface area (Å²) in [6, 6.07) is 0. The maximum absolute atomic E-state index is 10.7. The second kappa shape index (κ2) is 5.35. The lowest BCUT2D eigenvalue weighted by Crippen LogP contribution is -2.25. The molecular formula is C7H9NO4S. The van der Waals surface area contributed by atoms with Crippen LogP contribution < -0.4 is 5.32 Å². The van der Waals surface area contributed by atoms with Gasteiger partial charge in [0.05, 0.1) is 5.25 Å². The Morgan fingerprint density at radius 1 is 1.69 bits per heavy atom. The third-order valence-electron chi connectivity index (χ3n) is 0.873. The van der Waals surface area contributed by atoms with E-state index in [-0.39, 0.29) is 0 Å². The predicted molar refractivity (Wildman–Crippen MR) is 46.7 cm³/mol. The van der Waals surface area contributed by atoms with Gasteiger partial charge < -0.3 is 5.32 Å². The predicted octanol–water partition coefficient (Wildman–Crippen LogP) is -0.427. The van der Waals surface area contributed by atoms with Crippen molar-refractivity contribution in [2.75, 3.05) is 6.73 Å². The number of amides is 1. The number of hydrogen-bond acceptors (Lipinski definition) is 4. The molecule has 0 atom stereocenters. The van der Waals surface area contributed by atoms with Gasteiger partial charge in [-0.25, -0.2) is 4.18 Å². The van der Waals surface area contributed by atoms with Gasteiger partial charge in [-0.1, -0.05) is 12.5 Å². The highest BCUT2D eigenvalue weighted by Gasteiger charge is 2.05. The van der Waals surface area contributed by atoms with Crippen molar-refractivity contribution in [1.29, 1.82) is 0 Å². The molecule has 1 amide bonds. The van der Waals surface area contributed by atoms with Crippen molar-refractivity contribution < 1.29 is 17.4 Å². The second-order valence-corrected chi connectivity index (χ2v) is 3.16. The first-order chi connectivity index (χ1) is 6.02. The minimum absolute atomic E-state index is 0.443. The van der Waals surface area contributed by atoms with Gasteiger partial charge in [0.2, 0.25) is 5.91 Å². The van der Waals surface area contributed by atoms with Crippen LogP contribution in [-0.2, 0) is 19.1 Å². The van der Waals surface area contributed by atoms with Gasteiger partial charge in [0.25, 0.3) is 0 Å². The van der Waals surface area contributed by atoms with Gasteiger partial charge in [-0.2, -0.15) is 8.42 Å². The highest BCUT2D eigenvalue weighted by atomic mass is 32.2. The van der Waals surface area contributed by atoms with Gasteiger partial charge in [-0.05, 0) is 13.0 Å². The van der Waals surface area contributed by atoms with Crippen molar-refractivity contribution in [3.63, 3.8) is 0 Å². The van der Waals surface area contributed by atoms with E-state index in [4.69, 9.17) is 0 Å². The van der Waals surface area contributed by atoms with E-state index in [9.17, 15) is 13.2 Å². The molecule has 0 saturated carbocycles. The van der Waals surface area contributed by atoms with E-state index in [0.717, 1.165) is 6.08 Å². The standard InChI is InChI=1S/C7H9NO4S/c1-3-5-13(10,11)12-6-8-7(9)4-2/h4H,2,6H2,1H3,(H,8,9). The summed E-state index contributed by atoms with van der Waals surface area (Å²) < 4.78 is 25.7. The lowest BCUT2D eigenvalue weighted by Gasteiger charge is -1.99. The molecule has 0 radical (unpaired) electrons. The largest absolute Gasteiger partial charge is 0.339 e. The zero-order chi connectivity index (χ0) is 10.3. The summed E-state index contributed by atoms with van der Waals surface area (Å²) in [5.74, 6) is 1.65. The molecule has 0 aromatic rings. The Balaban J connectivity index is 3.95. The first-order valence-electron chi connectivity index (χ1n) is 3.25. The smallest absolute Gasteiger partial charge is 0.328 e. The fraction of sp³-hybridized carbons (Fsp3) is 0.286. The van der Waals surface area contributed by atoms with Gasteiger partial charge in [0.15, 0.2) is 0 Å². The molecule has 0 fully saturated rings. The molecular weight excluding hydrogens is 194 g/mol. The van der Waals surface area contributed by atoms with Crippen molar-refractivity contribution in [1.82, 2.24) is 5.32 Å². The second-order valence-electron chi connectivity index (χ2n) is 1.81. The van der Waals surface area contributed by atoms with Crippen LogP contribution in [0.15, 0.2) is 12.7 Å². The van der Waals surface area contributed by atoms with Crippen LogP contribution in [0.4, 0.5) is 0 Å². The van der Waals surface area contributed by atoms with E-state index in [1.807, 2.05) is 5.25 Å². The molecule has 1 N–H and O–H groups in total. The molecule has 0 aromatic heterocycles. The van der Waals surface area contributed by atoms with E-state index in [0.29, 0.717) is 0 Å². The van der Waals surface area contributed by atoms with E-state index >= 15 is 0 Å². The molecule has 0 saturated heterocycles. The van der Waals surface area contributed by atoms with Crippen LogP contribution in [0.25, 0.3) is 0 Å². The van der Waals surface area contributed by atoms with E-state index in [2.05, 4.69) is 22.0 Å². The first-order valence-corrected chi connectivity index (χ1v) is 4.66. The highest BCUT2D eigenvalue weighted by molar-refractivity contribution is 7.91. The molecule has 0 aliphatic rings. The zero-order valence-electron chi connectivity index (χ0n) is 7.03. The molecule has 6 heteroatoms. The summed E-state index contributed by atoms with van der Waals surface area (Å²) in [4.78, 5) is 10.5. The maximum atomic E-state index is 10.7. The first kappa shape index (κ1) is 11.7. The zero-order valence-corrected chi connectivity index (χ0v) is 7.85. The molecule has 0 heterocycles. The van der Waals surface area contributed by atoms with E-state index in [1.165, 1.54) is 6.92 Å². The fourth-order valence-electron chi connectivity index (χ4n) is 0.405. The SMILES string of the molecule is C=CC(=O)NCOS(=O)(=O)C#CC. The third kappa shape index (κ3) is 5.90. The molecule has 72 valence electrons. The number of hydrogen-bond donors (Lipinski definition) is 1. The topological polar surface area (TPSA) is 72.5 Å². The van der Waals surface area contributed by atoms with Crippen LogP contribution >= 0.6 is 0 Å². The lowest BCUT2D eigenvalue weighted by molar-refractivity contribution is -0.117. The van der Waals surface area contributed by atoms with Gasteiger partial charge in [-0.15, -0.1) is 0 Å². The van der Waals surface area contributed by atoms with Crippen LogP contribution in [-0.4, -0.2) is 21.1 Å². The highest BCUT2D eigenvalue weighted by Crippen LogP contribution is 1.87. The molecule has 5 nitrogen and oxygen atoms in total. The number of carbonyl (C=O) groups is 1. The Kier molecular flexibility index (Phi) is 4.80. The average Bonchev–Trinajstić information content (AvgIpc) is 2.03. The fourth-order valence-corrected chi connectivity index (χ4v) is 0.928. The van der Waals surface area contributed by atoms with Crippen LogP contribution in [0.1, 0.15) is 6.92 Å². The Labute approximate surface area is 76.9 Å². The average molecular weight is 203 g/mol. The van der Waals surface area contributed by atoms with Crippen molar-refractivity contribution >= 4 is 16.0 Å². The lowest BCUT2D eigenvalue weighted by atomic mass is 10.6. The Morgan fingerprint density at radius 2 is 2.31 bits per heavy atom. The Morgan fingerprint density at radius 3 is 2.77 bits per heavy atom. The molecule has 0 rings (SSSR count). The number of nitrogens with one attached hydrogen (secondary N) is 1. The molecule has 0 spiro atoms. The Hall–Kier alpha value is -1.32. The van der Waals surface area contributed by atoms with Gasteiger partial charge in [0.1, 0.15) is 6.73 Å². The van der Waals surface area contributed by atoms with Crippen molar-refractivity contribution in [3.05, 3.63) is 12.7 Å². The van der Waals surface area contributed by atoms with Gasteiger partial charge in [0, 0.05) is 0 Å². The molecule has 0 unspecified atom stereocenters. The number of rotatable bonds is 4.